The number of carbonyl (C=O) groups is 1. The Balaban J connectivity index is 1.86. The molecule has 22 heavy (non-hydrogen) atoms. The van der Waals surface area contributed by atoms with Crippen molar-refractivity contribution in [3.63, 3.8) is 0 Å². The molecule has 0 saturated carbocycles. The largest absolute Gasteiger partial charge is 0.302 e. The van der Waals surface area contributed by atoms with Gasteiger partial charge in [-0.05, 0) is 25.2 Å². The van der Waals surface area contributed by atoms with Crippen LogP contribution in [0.4, 0.5) is 14.6 Å². The summed E-state index contributed by atoms with van der Waals surface area (Å²) in [5.41, 5.74) is 1.62. The number of aryl methyl sites for hydroxylation is 2. The molecule has 1 atom stereocenters. The van der Waals surface area contributed by atoms with Gasteiger partial charge in [-0.15, -0.1) is 5.10 Å². The highest BCUT2D eigenvalue weighted by atomic mass is 19.3. The molecule has 0 spiro atoms. The van der Waals surface area contributed by atoms with Gasteiger partial charge in [-0.3, -0.25) is 9.89 Å². The van der Waals surface area contributed by atoms with Crippen molar-refractivity contribution in [3.8, 4) is 0 Å². The van der Waals surface area contributed by atoms with Crippen LogP contribution in [-0.4, -0.2) is 31.1 Å². The van der Waals surface area contributed by atoms with E-state index in [0.717, 1.165) is 35.2 Å². The van der Waals surface area contributed by atoms with E-state index in [1.165, 1.54) is 7.05 Å². The standard InChI is InChI=1S/C13H16F2N6O/c1-6-3-4-8-7(5-6)9(18-17-8)13(22)16-12-10(11(14)15)21(2)20-19-12/h6,11H,3-5H2,1-2H3,(H,16,22)(H,17,18). The summed E-state index contributed by atoms with van der Waals surface area (Å²) in [5, 5.41) is 16.4. The molecule has 9 heteroatoms. The first-order valence-corrected chi connectivity index (χ1v) is 7.02. The van der Waals surface area contributed by atoms with E-state index in [-0.39, 0.29) is 11.5 Å². The normalized spacial score (nSPS) is 17.6. The van der Waals surface area contributed by atoms with Gasteiger partial charge in [-0.25, -0.2) is 13.5 Å². The molecule has 3 rings (SSSR count). The third-order valence-electron chi connectivity index (χ3n) is 3.92. The maximum atomic E-state index is 13.0. The fourth-order valence-electron chi connectivity index (χ4n) is 2.72. The molecule has 1 aliphatic carbocycles. The molecule has 2 heterocycles. The molecule has 1 aliphatic rings. The Morgan fingerprint density at radius 2 is 2.27 bits per heavy atom. The number of carbonyl (C=O) groups excluding carboxylic acids is 1. The van der Waals surface area contributed by atoms with Gasteiger partial charge in [0.05, 0.1) is 0 Å². The predicted molar refractivity (Wildman–Crippen MR) is 73.7 cm³/mol. The molecule has 7 nitrogen and oxygen atoms in total. The number of aromatic nitrogens is 5. The first-order chi connectivity index (χ1) is 10.5. The van der Waals surface area contributed by atoms with E-state index in [9.17, 15) is 13.6 Å². The molecule has 1 unspecified atom stereocenters. The zero-order valence-corrected chi connectivity index (χ0v) is 12.2. The van der Waals surface area contributed by atoms with Crippen molar-refractivity contribution < 1.29 is 13.6 Å². The number of rotatable bonds is 3. The third kappa shape index (κ3) is 2.46. The number of hydrogen-bond acceptors (Lipinski definition) is 4. The van der Waals surface area contributed by atoms with Crippen LogP contribution in [0.15, 0.2) is 0 Å². The van der Waals surface area contributed by atoms with E-state index in [4.69, 9.17) is 0 Å². The van der Waals surface area contributed by atoms with Gasteiger partial charge in [-0.1, -0.05) is 12.1 Å². The number of nitrogens with one attached hydrogen (secondary N) is 2. The van der Waals surface area contributed by atoms with Crippen LogP contribution in [0.25, 0.3) is 0 Å². The second-order valence-corrected chi connectivity index (χ2v) is 5.58. The van der Waals surface area contributed by atoms with Crippen molar-refractivity contribution in [1.29, 1.82) is 0 Å². The lowest BCUT2D eigenvalue weighted by Gasteiger charge is -2.17. The number of hydrogen-bond donors (Lipinski definition) is 2. The molecule has 2 aromatic heterocycles. The van der Waals surface area contributed by atoms with Gasteiger partial charge in [0.1, 0.15) is 5.69 Å². The number of nitrogens with zero attached hydrogens (tertiary/aromatic N) is 4. The SMILES string of the molecule is CC1CCc2[nH]nc(C(=O)Nc3nnn(C)c3C(F)F)c2C1. The van der Waals surface area contributed by atoms with Gasteiger partial charge in [0.2, 0.25) is 0 Å². The van der Waals surface area contributed by atoms with Crippen LogP contribution in [0.2, 0.25) is 0 Å². The first-order valence-electron chi connectivity index (χ1n) is 7.02. The summed E-state index contributed by atoms with van der Waals surface area (Å²) >= 11 is 0. The maximum absolute atomic E-state index is 13.0. The smallest absolute Gasteiger partial charge is 0.283 e. The Kier molecular flexibility index (Phi) is 3.63. The van der Waals surface area contributed by atoms with Gasteiger partial charge >= 0.3 is 0 Å². The Morgan fingerprint density at radius 3 is 3.00 bits per heavy atom. The Bertz CT molecular complexity index is 707. The second kappa shape index (κ2) is 5.47. The summed E-state index contributed by atoms with van der Waals surface area (Å²) in [4.78, 5) is 12.3. The van der Waals surface area contributed by atoms with Gasteiger partial charge in [0.15, 0.2) is 11.5 Å². The van der Waals surface area contributed by atoms with Crippen molar-refractivity contribution in [2.24, 2.45) is 13.0 Å². The highest BCUT2D eigenvalue weighted by molar-refractivity contribution is 6.03. The average Bonchev–Trinajstić information content (AvgIpc) is 3.02. The zero-order valence-electron chi connectivity index (χ0n) is 12.2. The minimum atomic E-state index is -2.77. The number of anilines is 1. The van der Waals surface area contributed by atoms with E-state index < -0.39 is 18.0 Å². The Morgan fingerprint density at radius 1 is 1.50 bits per heavy atom. The minimum absolute atomic E-state index is 0.233. The van der Waals surface area contributed by atoms with Crippen LogP contribution in [0.3, 0.4) is 0 Å². The predicted octanol–water partition coefficient (Wildman–Crippen LogP) is 1.85. The van der Waals surface area contributed by atoms with Crippen molar-refractivity contribution >= 4 is 11.7 Å². The number of H-pyrrole nitrogens is 1. The molecule has 0 fully saturated rings. The lowest BCUT2D eigenvalue weighted by atomic mass is 9.87. The number of alkyl halides is 2. The van der Waals surface area contributed by atoms with Crippen molar-refractivity contribution in [2.45, 2.75) is 32.6 Å². The molecule has 2 N–H and O–H groups in total. The Hall–Kier alpha value is -2.32. The lowest BCUT2D eigenvalue weighted by Crippen LogP contribution is -2.19. The van der Waals surface area contributed by atoms with E-state index >= 15 is 0 Å². The van der Waals surface area contributed by atoms with E-state index in [0.29, 0.717) is 5.92 Å². The number of aromatic amines is 1. The van der Waals surface area contributed by atoms with Crippen molar-refractivity contribution in [2.75, 3.05) is 5.32 Å². The van der Waals surface area contributed by atoms with Gasteiger partial charge in [-0.2, -0.15) is 5.10 Å². The molecule has 1 amide bonds. The molecular formula is C13H16F2N6O. The lowest BCUT2D eigenvalue weighted by molar-refractivity contribution is 0.101. The summed E-state index contributed by atoms with van der Waals surface area (Å²) in [5.74, 6) is -0.318. The van der Waals surface area contributed by atoms with E-state index in [2.05, 4.69) is 32.7 Å². The fraction of sp³-hybridized carbons (Fsp3) is 0.538. The van der Waals surface area contributed by atoms with Crippen molar-refractivity contribution in [1.82, 2.24) is 25.2 Å². The summed E-state index contributed by atoms with van der Waals surface area (Å²) in [6.07, 6.45) is -0.153. The van der Waals surface area contributed by atoms with E-state index in [1.54, 1.807) is 0 Å². The third-order valence-corrected chi connectivity index (χ3v) is 3.92. The maximum Gasteiger partial charge on any atom is 0.283 e. The second-order valence-electron chi connectivity index (χ2n) is 5.58. The van der Waals surface area contributed by atoms with Crippen molar-refractivity contribution in [3.05, 3.63) is 22.6 Å². The molecule has 0 radical (unpaired) electrons. The highest BCUT2D eigenvalue weighted by Gasteiger charge is 2.27. The summed E-state index contributed by atoms with van der Waals surface area (Å²) < 4.78 is 26.9. The molecule has 2 aromatic rings. The molecular weight excluding hydrogens is 294 g/mol. The van der Waals surface area contributed by atoms with Crippen LogP contribution >= 0.6 is 0 Å². The number of amides is 1. The quantitative estimate of drug-likeness (QED) is 0.905. The van der Waals surface area contributed by atoms with Gasteiger partial charge in [0, 0.05) is 18.3 Å². The fourth-order valence-corrected chi connectivity index (χ4v) is 2.72. The van der Waals surface area contributed by atoms with Crippen LogP contribution in [0, 0.1) is 5.92 Å². The van der Waals surface area contributed by atoms with Gasteiger partial charge < -0.3 is 5.32 Å². The first kappa shape index (κ1) is 14.6. The van der Waals surface area contributed by atoms with E-state index in [1.807, 2.05) is 0 Å². The molecule has 118 valence electrons. The summed E-state index contributed by atoms with van der Waals surface area (Å²) in [6.45, 7) is 2.11. The minimum Gasteiger partial charge on any atom is -0.302 e. The molecule has 0 bridgehead atoms. The van der Waals surface area contributed by atoms with Crippen LogP contribution in [-0.2, 0) is 19.9 Å². The molecule has 0 aromatic carbocycles. The van der Waals surface area contributed by atoms with Crippen LogP contribution < -0.4 is 5.32 Å². The monoisotopic (exact) mass is 310 g/mol. The van der Waals surface area contributed by atoms with Crippen LogP contribution in [0.1, 0.15) is 47.2 Å². The topological polar surface area (TPSA) is 88.5 Å². The average molecular weight is 310 g/mol. The zero-order chi connectivity index (χ0) is 15.9. The Labute approximate surface area is 125 Å². The summed E-state index contributed by atoms with van der Waals surface area (Å²) in [7, 11) is 1.35. The number of halogens is 2. The van der Waals surface area contributed by atoms with Crippen LogP contribution in [0.5, 0.6) is 0 Å². The summed E-state index contributed by atoms with van der Waals surface area (Å²) in [6, 6.07) is 0. The number of fused-ring (bicyclic) bond motifs is 1. The molecule has 0 aliphatic heterocycles. The molecule has 0 saturated heterocycles. The van der Waals surface area contributed by atoms with Gasteiger partial charge in [0.25, 0.3) is 12.3 Å². The highest BCUT2D eigenvalue weighted by Crippen LogP contribution is 2.28.